The standard InChI is InChI=1S/C20H21Cl2N5O2/c1-12-6-8-26(9-7-12)25-20-23-11-13-10-14(17-15(21)4-3-5-16(17)22)19(28)27(29-2)18(13)24-20/h3-5,10-12H,6-9H2,1-2H3,(H,23,24,25). The molecular formula is C20H21Cl2N5O2. The molecule has 1 aliphatic rings. The predicted octanol–water partition coefficient (Wildman–Crippen LogP) is 3.88. The molecule has 0 aliphatic carbocycles. The zero-order chi connectivity index (χ0) is 20.5. The number of hydrazine groups is 1. The SMILES string of the molecule is COn1c(=O)c(-c2c(Cl)cccc2Cl)cc2cnc(NN3CCC(C)CC3)nc21. The summed E-state index contributed by atoms with van der Waals surface area (Å²) >= 11 is 12.6. The molecule has 2 aromatic heterocycles. The van der Waals surface area contributed by atoms with Gasteiger partial charge >= 0.3 is 0 Å². The second kappa shape index (κ2) is 8.18. The van der Waals surface area contributed by atoms with Gasteiger partial charge in [-0.05, 0) is 37.0 Å². The van der Waals surface area contributed by atoms with Crippen LogP contribution in [0.3, 0.4) is 0 Å². The van der Waals surface area contributed by atoms with Crippen molar-refractivity contribution in [3.8, 4) is 11.1 Å². The summed E-state index contributed by atoms with van der Waals surface area (Å²) in [6, 6.07) is 6.79. The summed E-state index contributed by atoms with van der Waals surface area (Å²) in [6.45, 7) is 4.09. The number of nitrogens with one attached hydrogen (secondary N) is 1. The van der Waals surface area contributed by atoms with Gasteiger partial charge in [-0.25, -0.2) is 9.99 Å². The summed E-state index contributed by atoms with van der Waals surface area (Å²) in [6.07, 6.45) is 3.89. The molecule has 1 N–H and O–H groups in total. The molecule has 9 heteroatoms. The molecular weight excluding hydrogens is 413 g/mol. The molecule has 1 saturated heterocycles. The Balaban J connectivity index is 1.77. The van der Waals surface area contributed by atoms with Crippen molar-refractivity contribution in [2.75, 3.05) is 25.6 Å². The molecule has 1 aliphatic heterocycles. The van der Waals surface area contributed by atoms with Crippen LogP contribution in [0.25, 0.3) is 22.2 Å². The number of pyridine rings is 1. The fraction of sp³-hybridized carbons (Fsp3) is 0.350. The Morgan fingerprint density at radius 2 is 1.90 bits per heavy atom. The van der Waals surface area contributed by atoms with Crippen LogP contribution >= 0.6 is 23.2 Å². The van der Waals surface area contributed by atoms with E-state index in [2.05, 4.69) is 27.3 Å². The van der Waals surface area contributed by atoms with Gasteiger partial charge < -0.3 is 4.84 Å². The van der Waals surface area contributed by atoms with E-state index in [9.17, 15) is 4.79 Å². The maximum atomic E-state index is 13.1. The summed E-state index contributed by atoms with van der Waals surface area (Å²) in [4.78, 5) is 27.3. The van der Waals surface area contributed by atoms with Gasteiger partial charge in [0.2, 0.25) is 5.95 Å². The smallest absolute Gasteiger partial charge is 0.293 e. The van der Waals surface area contributed by atoms with Crippen LogP contribution in [-0.4, -0.2) is 39.9 Å². The van der Waals surface area contributed by atoms with Crippen LogP contribution in [0.1, 0.15) is 19.8 Å². The van der Waals surface area contributed by atoms with Crippen LogP contribution in [0.2, 0.25) is 10.0 Å². The van der Waals surface area contributed by atoms with E-state index in [1.807, 2.05) is 0 Å². The molecule has 3 heterocycles. The molecule has 0 unspecified atom stereocenters. The Kier molecular flexibility index (Phi) is 5.63. The van der Waals surface area contributed by atoms with Gasteiger partial charge in [0.1, 0.15) is 7.11 Å². The van der Waals surface area contributed by atoms with Crippen molar-refractivity contribution >= 4 is 40.2 Å². The van der Waals surface area contributed by atoms with E-state index in [4.69, 9.17) is 28.0 Å². The quantitative estimate of drug-likeness (QED) is 0.672. The van der Waals surface area contributed by atoms with Crippen molar-refractivity contribution in [3.05, 3.63) is 50.9 Å². The highest BCUT2D eigenvalue weighted by Gasteiger charge is 2.19. The number of piperidine rings is 1. The van der Waals surface area contributed by atoms with E-state index in [0.29, 0.717) is 38.2 Å². The fourth-order valence-corrected chi connectivity index (χ4v) is 4.09. The van der Waals surface area contributed by atoms with Crippen LogP contribution in [-0.2, 0) is 0 Å². The number of fused-ring (bicyclic) bond motifs is 1. The highest BCUT2D eigenvalue weighted by atomic mass is 35.5. The average molecular weight is 434 g/mol. The highest BCUT2D eigenvalue weighted by Crippen LogP contribution is 2.33. The second-order valence-corrected chi connectivity index (χ2v) is 8.01. The monoisotopic (exact) mass is 433 g/mol. The lowest BCUT2D eigenvalue weighted by molar-refractivity contribution is 0.168. The minimum Gasteiger partial charge on any atom is -0.412 e. The molecule has 1 aromatic carbocycles. The Labute approximate surface area is 178 Å². The molecule has 0 saturated carbocycles. The summed E-state index contributed by atoms with van der Waals surface area (Å²) in [7, 11) is 1.42. The van der Waals surface area contributed by atoms with Gasteiger partial charge in [0.25, 0.3) is 5.56 Å². The summed E-state index contributed by atoms with van der Waals surface area (Å²) in [5, 5.41) is 3.49. The summed E-state index contributed by atoms with van der Waals surface area (Å²) < 4.78 is 1.13. The maximum Gasteiger partial charge on any atom is 0.293 e. The molecule has 0 atom stereocenters. The number of anilines is 1. The van der Waals surface area contributed by atoms with E-state index in [1.54, 1.807) is 30.5 Å². The average Bonchev–Trinajstić information content (AvgIpc) is 2.70. The third-order valence-corrected chi connectivity index (χ3v) is 5.79. The van der Waals surface area contributed by atoms with Crippen LogP contribution in [0.15, 0.2) is 35.3 Å². The van der Waals surface area contributed by atoms with E-state index < -0.39 is 5.56 Å². The van der Waals surface area contributed by atoms with Crippen molar-refractivity contribution in [2.24, 2.45) is 5.92 Å². The number of halogens is 2. The number of rotatable bonds is 4. The molecule has 152 valence electrons. The molecule has 7 nitrogen and oxygen atoms in total. The molecule has 3 aromatic rings. The Hall–Kier alpha value is -2.35. The molecule has 0 radical (unpaired) electrons. The minimum absolute atomic E-state index is 0.323. The normalized spacial score (nSPS) is 15.6. The van der Waals surface area contributed by atoms with Gasteiger partial charge in [-0.15, -0.1) is 4.73 Å². The number of nitrogens with zero attached hydrogens (tertiary/aromatic N) is 4. The summed E-state index contributed by atoms with van der Waals surface area (Å²) in [5.41, 5.74) is 3.98. The first-order valence-corrected chi connectivity index (χ1v) is 10.2. The minimum atomic E-state index is -0.397. The lowest BCUT2D eigenvalue weighted by atomic mass is 10.0. The zero-order valence-corrected chi connectivity index (χ0v) is 17.7. The van der Waals surface area contributed by atoms with Gasteiger partial charge in [-0.2, -0.15) is 4.98 Å². The zero-order valence-electron chi connectivity index (χ0n) is 16.2. The predicted molar refractivity (Wildman–Crippen MR) is 115 cm³/mol. The maximum absolute atomic E-state index is 13.1. The molecule has 4 rings (SSSR count). The number of benzene rings is 1. The van der Waals surface area contributed by atoms with Gasteiger partial charge in [-0.1, -0.05) is 36.2 Å². The first-order chi connectivity index (χ1) is 14.0. The summed E-state index contributed by atoms with van der Waals surface area (Å²) in [5.74, 6) is 1.14. The first-order valence-electron chi connectivity index (χ1n) is 9.41. The van der Waals surface area contributed by atoms with Crippen molar-refractivity contribution in [1.82, 2.24) is 19.7 Å². The van der Waals surface area contributed by atoms with Crippen LogP contribution in [0, 0.1) is 5.92 Å². The Morgan fingerprint density at radius 1 is 1.21 bits per heavy atom. The molecule has 1 fully saturated rings. The van der Waals surface area contributed by atoms with Gasteiger partial charge in [0, 0.05) is 30.2 Å². The van der Waals surface area contributed by atoms with E-state index in [-0.39, 0.29) is 0 Å². The lowest BCUT2D eigenvalue weighted by Crippen LogP contribution is -2.38. The van der Waals surface area contributed by atoms with Gasteiger partial charge in [0.15, 0.2) is 5.65 Å². The van der Waals surface area contributed by atoms with Gasteiger partial charge in [0.05, 0.1) is 15.6 Å². The molecule has 29 heavy (non-hydrogen) atoms. The largest absolute Gasteiger partial charge is 0.412 e. The topological polar surface area (TPSA) is 72.3 Å². The fourth-order valence-electron chi connectivity index (χ4n) is 3.49. The third-order valence-electron chi connectivity index (χ3n) is 5.16. The van der Waals surface area contributed by atoms with E-state index in [1.165, 1.54) is 7.11 Å². The van der Waals surface area contributed by atoms with E-state index >= 15 is 0 Å². The van der Waals surface area contributed by atoms with Crippen molar-refractivity contribution in [3.63, 3.8) is 0 Å². The number of hydrogen-bond acceptors (Lipinski definition) is 6. The van der Waals surface area contributed by atoms with E-state index in [0.717, 1.165) is 36.6 Å². The Bertz CT molecular complexity index is 1090. The van der Waals surface area contributed by atoms with Crippen molar-refractivity contribution < 1.29 is 4.84 Å². The van der Waals surface area contributed by atoms with Crippen LogP contribution in [0.5, 0.6) is 0 Å². The second-order valence-electron chi connectivity index (χ2n) is 7.19. The lowest BCUT2D eigenvalue weighted by Gasteiger charge is -2.30. The van der Waals surface area contributed by atoms with Gasteiger partial charge in [-0.3, -0.25) is 10.2 Å². The van der Waals surface area contributed by atoms with Crippen LogP contribution < -0.4 is 15.8 Å². The number of hydrogen-bond donors (Lipinski definition) is 1. The Morgan fingerprint density at radius 3 is 2.55 bits per heavy atom. The molecule has 0 spiro atoms. The molecule has 0 amide bonds. The number of aromatic nitrogens is 3. The third kappa shape index (κ3) is 3.90. The van der Waals surface area contributed by atoms with Crippen molar-refractivity contribution in [1.29, 1.82) is 0 Å². The van der Waals surface area contributed by atoms with Crippen molar-refractivity contribution in [2.45, 2.75) is 19.8 Å². The highest BCUT2D eigenvalue weighted by molar-refractivity contribution is 6.39. The first kappa shape index (κ1) is 19.9. The molecule has 0 bridgehead atoms. The van der Waals surface area contributed by atoms with Crippen LogP contribution in [0.4, 0.5) is 5.95 Å².